The molecule has 0 spiro atoms. The largest absolute Gasteiger partial charge is 0.320 e. The van der Waals surface area contributed by atoms with Gasteiger partial charge in [-0.25, -0.2) is 4.39 Å². The van der Waals surface area contributed by atoms with Gasteiger partial charge in [0.15, 0.2) is 18.2 Å². The molecule has 0 saturated heterocycles. The number of nitrogens with zero attached hydrogens (tertiary/aromatic N) is 1. The Labute approximate surface area is 150 Å². The normalized spacial score (nSPS) is 11.6. The molecule has 26 heavy (non-hydrogen) atoms. The van der Waals surface area contributed by atoms with Crippen LogP contribution < -0.4 is 9.88 Å². The van der Waals surface area contributed by atoms with Crippen molar-refractivity contribution in [2.45, 2.75) is 13.0 Å². The van der Waals surface area contributed by atoms with Crippen LogP contribution in [0, 0.1) is 5.82 Å². The Morgan fingerprint density at radius 1 is 0.885 bits per heavy atom. The first-order valence-electron chi connectivity index (χ1n) is 8.21. The number of rotatable bonds is 5. The van der Waals surface area contributed by atoms with Gasteiger partial charge in [0.25, 0.3) is 5.91 Å². The Morgan fingerprint density at radius 3 is 2.08 bits per heavy atom. The van der Waals surface area contributed by atoms with Crippen LogP contribution in [0.5, 0.6) is 0 Å². The van der Waals surface area contributed by atoms with Gasteiger partial charge in [0, 0.05) is 35.9 Å². The molecular weight excluding hydrogens is 331 g/mol. The van der Waals surface area contributed by atoms with Crippen molar-refractivity contribution < 1.29 is 18.5 Å². The van der Waals surface area contributed by atoms with Gasteiger partial charge in [-0.1, -0.05) is 30.3 Å². The van der Waals surface area contributed by atoms with Crippen LogP contribution in [0.25, 0.3) is 0 Å². The highest BCUT2D eigenvalue weighted by Crippen LogP contribution is 2.11. The summed E-state index contributed by atoms with van der Waals surface area (Å²) < 4.78 is 14.6. The van der Waals surface area contributed by atoms with Crippen LogP contribution in [0.1, 0.15) is 28.9 Å². The molecule has 4 nitrogen and oxygen atoms in total. The summed E-state index contributed by atoms with van der Waals surface area (Å²) in [6.07, 6.45) is 3.40. The molecule has 1 atom stereocenters. The molecule has 0 fully saturated rings. The topological polar surface area (TPSA) is 50.1 Å². The number of carbonyl (C=O) groups excluding carboxylic acids is 2. The molecule has 1 heterocycles. The Kier molecular flexibility index (Phi) is 5.17. The van der Waals surface area contributed by atoms with Gasteiger partial charge in [0.05, 0.1) is 0 Å². The van der Waals surface area contributed by atoms with Crippen molar-refractivity contribution in [3.05, 3.63) is 96.1 Å². The lowest BCUT2D eigenvalue weighted by atomic mass is 10.0. The van der Waals surface area contributed by atoms with E-state index in [-0.39, 0.29) is 17.5 Å². The van der Waals surface area contributed by atoms with Crippen molar-refractivity contribution in [1.82, 2.24) is 0 Å². The quantitative estimate of drug-likeness (QED) is 0.566. The Balaban J connectivity index is 1.70. The maximum atomic E-state index is 12.9. The lowest BCUT2D eigenvalue weighted by molar-refractivity contribution is -0.705. The molecule has 0 radical (unpaired) electrons. The number of pyridine rings is 1. The third-order valence-electron chi connectivity index (χ3n) is 4.09. The van der Waals surface area contributed by atoms with Crippen LogP contribution in [-0.2, 0) is 4.79 Å². The second-order valence-corrected chi connectivity index (χ2v) is 5.90. The van der Waals surface area contributed by atoms with Crippen LogP contribution in [0.2, 0.25) is 0 Å². The zero-order valence-corrected chi connectivity index (χ0v) is 14.2. The van der Waals surface area contributed by atoms with E-state index < -0.39 is 6.04 Å². The molecule has 0 aliphatic heterocycles. The summed E-state index contributed by atoms with van der Waals surface area (Å²) in [6.45, 7) is 1.75. The monoisotopic (exact) mass is 349 g/mol. The zero-order chi connectivity index (χ0) is 18.5. The van der Waals surface area contributed by atoms with E-state index in [4.69, 9.17) is 0 Å². The fourth-order valence-electron chi connectivity index (χ4n) is 2.52. The lowest BCUT2D eigenvalue weighted by Gasteiger charge is -2.09. The Bertz CT molecular complexity index is 907. The predicted molar refractivity (Wildman–Crippen MR) is 96.3 cm³/mol. The third kappa shape index (κ3) is 4.00. The van der Waals surface area contributed by atoms with Crippen LogP contribution in [0.15, 0.2) is 79.1 Å². The second kappa shape index (κ2) is 7.70. The number of amides is 1. The Hall–Kier alpha value is -3.34. The van der Waals surface area contributed by atoms with E-state index in [1.165, 1.54) is 24.3 Å². The average molecular weight is 349 g/mol. The molecule has 5 heteroatoms. The summed E-state index contributed by atoms with van der Waals surface area (Å²) >= 11 is 0. The average Bonchev–Trinajstić information content (AvgIpc) is 2.69. The molecular formula is C21H18FN2O2+. The summed E-state index contributed by atoms with van der Waals surface area (Å²) in [6, 6.07) is 17.5. The summed E-state index contributed by atoms with van der Waals surface area (Å²) in [5.74, 6) is -0.658. The van der Waals surface area contributed by atoms with E-state index in [1.807, 2.05) is 18.2 Å². The number of nitrogens with one attached hydrogen (secondary N) is 1. The van der Waals surface area contributed by atoms with Crippen molar-refractivity contribution in [2.24, 2.45) is 0 Å². The number of carbonyl (C=O) groups is 2. The fraction of sp³-hybridized carbons (Fsp3) is 0.0952. The molecule has 1 aromatic heterocycles. The summed E-state index contributed by atoms with van der Waals surface area (Å²) in [4.78, 5) is 24.8. The van der Waals surface area contributed by atoms with Crippen molar-refractivity contribution in [3.8, 4) is 0 Å². The fourth-order valence-corrected chi connectivity index (χ4v) is 2.52. The van der Waals surface area contributed by atoms with Crippen LogP contribution in [0.4, 0.5) is 10.1 Å². The first kappa shape index (κ1) is 17.5. The van der Waals surface area contributed by atoms with Gasteiger partial charge in [-0.3, -0.25) is 9.59 Å². The minimum absolute atomic E-state index is 0.0684. The smallest absolute Gasteiger partial charge is 0.293 e. The molecule has 0 bridgehead atoms. The molecule has 0 unspecified atom stereocenters. The molecule has 0 aliphatic carbocycles. The van der Waals surface area contributed by atoms with Crippen LogP contribution in [-0.4, -0.2) is 11.7 Å². The Morgan fingerprint density at radius 2 is 1.46 bits per heavy atom. The zero-order valence-electron chi connectivity index (χ0n) is 14.2. The van der Waals surface area contributed by atoms with Gasteiger partial charge in [-0.2, -0.15) is 4.57 Å². The van der Waals surface area contributed by atoms with E-state index in [1.54, 1.807) is 48.1 Å². The van der Waals surface area contributed by atoms with Gasteiger partial charge in [0.1, 0.15) is 5.82 Å². The molecule has 3 aromatic rings. The molecule has 2 aromatic carbocycles. The first-order valence-corrected chi connectivity index (χ1v) is 8.21. The van der Waals surface area contributed by atoms with E-state index in [2.05, 4.69) is 5.32 Å². The number of hydrogen-bond donors (Lipinski definition) is 1. The molecule has 130 valence electrons. The van der Waals surface area contributed by atoms with Gasteiger partial charge >= 0.3 is 0 Å². The molecule has 3 rings (SSSR count). The van der Waals surface area contributed by atoms with Crippen molar-refractivity contribution >= 4 is 17.4 Å². The van der Waals surface area contributed by atoms with Gasteiger partial charge in [0.2, 0.25) is 6.04 Å². The number of aromatic nitrogens is 1. The number of halogens is 1. The summed E-state index contributed by atoms with van der Waals surface area (Å²) in [5, 5.41) is 2.74. The predicted octanol–water partition coefficient (Wildman–Crippen LogP) is 3.54. The van der Waals surface area contributed by atoms with E-state index in [9.17, 15) is 14.0 Å². The van der Waals surface area contributed by atoms with Gasteiger partial charge in [-0.15, -0.1) is 0 Å². The minimum Gasteiger partial charge on any atom is -0.320 e. The highest BCUT2D eigenvalue weighted by Gasteiger charge is 2.22. The first-order chi connectivity index (χ1) is 12.5. The SMILES string of the molecule is C[C@@H](C(=O)Nc1ccc(F)cc1)[n+]1ccc(C(=O)c2ccccc2)cc1. The molecule has 0 aliphatic rings. The van der Waals surface area contributed by atoms with E-state index in [0.29, 0.717) is 16.8 Å². The number of ketones is 1. The van der Waals surface area contributed by atoms with Crippen LogP contribution >= 0.6 is 0 Å². The summed E-state index contributed by atoms with van der Waals surface area (Å²) in [7, 11) is 0. The second-order valence-electron chi connectivity index (χ2n) is 5.90. The van der Waals surface area contributed by atoms with E-state index in [0.717, 1.165) is 0 Å². The third-order valence-corrected chi connectivity index (χ3v) is 4.09. The highest BCUT2D eigenvalue weighted by molar-refractivity contribution is 6.08. The standard InChI is InChI=1S/C21H17FN2O2/c1-15(21(26)23-19-9-7-18(22)8-10-19)24-13-11-17(12-14-24)20(25)16-5-3-2-4-6-16/h2-15H,1H3/p+1/t15-/m0/s1. The molecule has 0 saturated carbocycles. The van der Waals surface area contributed by atoms with Crippen LogP contribution in [0.3, 0.4) is 0 Å². The molecule has 1 amide bonds. The van der Waals surface area contributed by atoms with Crippen molar-refractivity contribution in [3.63, 3.8) is 0 Å². The van der Waals surface area contributed by atoms with Gasteiger partial charge < -0.3 is 5.32 Å². The van der Waals surface area contributed by atoms with E-state index >= 15 is 0 Å². The number of hydrogen-bond acceptors (Lipinski definition) is 2. The van der Waals surface area contributed by atoms with Gasteiger partial charge in [-0.05, 0) is 24.3 Å². The molecule has 1 N–H and O–H groups in total. The summed E-state index contributed by atoms with van der Waals surface area (Å²) in [5.41, 5.74) is 1.70. The number of anilines is 1. The minimum atomic E-state index is -0.485. The number of benzene rings is 2. The van der Waals surface area contributed by atoms with Crippen molar-refractivity contribution in [2.75, 3.05) is 5.32 Å². The van der Waals surface area contributed by atoms with Crippen molar-refractivity contribution in [1.29, 1.82) is 0 Å². The lowest BCUT2D eigenvalue weighted by Crippen LogP contribution is -2.44. The highest BCUT2D eigenvalue weighted by atomic mass is 19.1. The maximum absolute atomic E-state index is 12.9. The maximum Gasteiger partial charge on any atom is 0.293 e.